The van der Waals surface area contributed by atoms with Crippen molar-refractivity contribution >= 4 is 11.6 Å². The van der Waals surface area contributed by atoms with Crippen LogP contribution in [0.3, 0.4) is 0 Å². The predicted octanol–water partition coefficient (Wildman–Crippen LogP) is 2.62. The zero-order valence-corrected chi connectivity index (χ0v) is 10.4. The second-order valence-corrected chi connectivity index (χ2v) is 4.02. The van der Waals surface area contributed by atoms with Gasteiger partial charge in [0.15, 0.2) is 11.6 Å². The van der Waals surface area contributed by atoms with Crippen LogP contribution in [0.2, 0.25) is 0 Å². The molecule has 1 aromatic heterocycles. The summed E-state index contributed by atoms with van der Waals surface area (Å²) in [6, 6.07) is 3.14. The van der Waals surface area contributed by atoms with Crippen molar-refractivity contribution in [2.75, 3.05) is 5.32 Å². The molecule has 0 aliphatic heterocycles. The Morgan fingerprint density at radius 2 is 1.89 bits per heavy atom. The van der Waals surface area contributed by atoms with Crippen LogP contribution in [-0.2, 0) is 0 Å². The first-order valence-electron chi connectivity index (χ1n) is 5.53. The first-order chi connectivity index (χ1) is 8.99. The van der Waals surface area contributed by atoms with Gasteiger partial charge in [-0.1, -0.05) is 0 Å². The van der Waals surface area contributed by atoms with Gasteiger partial charge in [0, 0.05) is 23.0 Å². The Morgan fingerprint density at radius 1 is 1.16 bits per heavy atom. The summed E-state index contributed by atoms with van der Waals surface area (Å²) < 4.78 is 25.8. The van der Waals surface area contributed by atoms with E-state index >= 15 is 0 Å². The van der Waals surface area contributed by atoms with Gasteiger partial charge in [-0.25, -0.2) is 18.7 Å². The lowest BCUT2D eigenvalue weighted by molar-refractivity contribution is 0.102. The summed E-state index contributed by atoms with van der Waals surface area (Å²) in [4.78, 5) is 19.8. The molecule has 1 N–H and O–H groups in total. The van der Waals surface area contributed by atoms with Gasteiger partial charge < -0.3 is 5.32 Å². The highest BCUT2D eigenvalue weighted by molar-refractivity contribution is 6.03. The lowest BCUT2D eigenvalue weighted by atomic mass is 10.2. The van der Waals surface area contributed by atoms with Crippen LogP contribution in [0.15, 0.2) is 24.5 Å². The Kier molecular flexibility index (Phi) is 3.50. The third-order valence-electron chi connectivity index (χ3n) is 2.73. The quantitative estimate of drug-likeness (QED) is 0.906. The zero-order valence-electron chi connectivity index (χ0n) is 10.4. The van der Waals surface area contributed by atoms with Crippen LogP contribution in [0.1, 0.15) is 21.7 Å². The second kappa shape index (κ2) is 5.09. The second-order valence-electron chi connectivity index (χ2n) is 4.02. The molecule has 0 bridgehead atoms. The third kappa shape index (κ3) is 2.73. The fourth-order valence-corrected chi connectivity index (χ4v) is 1.53. The average Bonchev–Trinajstić information content (AvgIpc) is 2.37. The molecular weight excluding hydrogens is 252 g/mol. The molecule has 98 valence electrons. The summed E-state index contributed by atoms with van der Waals surface area (Å²) in [5.41, 5.74) is 1.70. The van der Waals surface area contributed by atoms with E-state index in [1.165, 1.54) is 12.4 Å². The first-order valence-corrected chi connectivity index (χ1v) is 5.53. The van der Waals surface area contributed by atoms with Crippen LogP contribution in [0.25, 0.3) is 0 Å². The predicted molar refractivity (Wildman–Crippen MR) is 65.8 cm³/mol. The highest BCUT2D eigenvalue weighted by Crippen LogP contribution is 2.15. The molecule has 0 spiro atoms. The van der Waals surface area contributed by atoms with Gasteiger partial charge in [0.1, 0.15) is 12.0 Å². The summed E-state index contributed by atoms with van der Waals surface area (Å²) in [6.45, 7) is 3.47. The largest absolute Gasteiger partial charge is 0.321 e. The van der Waals surface area contributed by atoms with E-state index in [1.54, 1.807) is 13.8 Å². The number of anilines is 1. The summed E-state index contributed by atoms with van der Waals surface area (Å²) in [5, 5.41) is 2.46. The average molecular weight is 263 g/mol. The van der Waals surface area contributed by atoms with E-state index in [9.17, 15) is 13.6 Å². The van der Waals surface area contributed by atoms with E-state index in [0.29, 0.717) is 11.3 Å². The highest BCUT2D eigenvalue weighted by atomic mass is 19.2. The van der Waals surface area contributed by atoms with Gasteiger partial charge >= 0.3 is 0 Å². The van der Waals surface area contributed by atoms with E-state index < -0.39 is 17.5 Å². The number of amides is 1. The molecule has 1 heterocycles. The fraction of sp³-hybridized carbons (Fsp3) is 0.154. The molecule has 4 nitrogen and oxygen atoms in total. The van der Waals surface area contributed by atoms with Crippen LogP contribution >= 0.6 is 0 Å². The first kappa shape index (κ1) is 13.1. The molecule has 0 radical (unpaired) electrons. The maximum atomic E-state index is 13.0. The number of carbonyl (C=O) groups excluding carboxylic acids is 1. The SMILES string of the molecule is Cc1ncnc(C(=O)Nc2ccc(F)c(F)c2)c1C. The number of benzene rings is 1. The number of carbonyl (C=O) groups is 1. The molecule has 1 aromatic carbocycles. The molecule has 19 heavy (non-hydrogen) atoms. The minimum absolute atomic E-state index is 0.166. The van der Waals surface area contributed by atoms with Gasteiger partial charge in [0.05, 0.1) is 0 Å². The lowest BCUT2D eigenvalue weighted by Gasteiger charge is -2.08. The molecule has 2 aromatic rings. The fourth-order valence-electron chi connectivity index (χ4n) is 1.53. The maximum absolute atomic E-state index is 13.0. The van der Waals surface area contributed by atoms with Crippen molar-refractivity contribution in [2.24, 2.45) is 0 Å². The number of nitrogens with one attached hydrogen (secondary N) is 1. The molecule has 0 saturated carbocycles. The van der Waals surface area contributed by atoms with Gasteiger partial charge in [-0.05, 0) is 26.0 Å². The smallest absolute Gasteiger partial charge is 0.274 e. The molecule has 0 aliphatic carbocycles. The van der Waals surface area contributed by atoms with Crippen molar-refractivity contribution < 1.29 is 13.6 Å². The summed E-state index contributed by atoms with van der Waals surface area (Å²) in [7, 11) is 0. The zero-order chi connectivity index (χ0) is 14.0. The number of aromatic nitrogens is 2. The molecule has 0 atom stereocenters. The molecule has 0 saturated heterocycles. The molecule has 0 aliphatic rings. The Hall–Kier alpha value is -2.37. The Balaban J connectivity index is 2.26. The van der Waals surface area contributed by atoms with Gasteiger partial charge in [-0.3, -0.25) is 4.79 Å². The van der Waals surface area contributed by atoms with E-state index in [4.69, 9.17) is 0 Å². The number of aryl methyl sites for hydroxylation is 1. The van der Waals surface area contributed by atoms with Gasteiger partial charge in [-0.2, -0.15) is 0 Å². The van der Waals surface area contributed by atoms with E-state index in [0.717, 1.165) is 12.1 Å². The molecule has 0 fully saturated rings. The summed E-state index contributed by atoms with van der Waals surface area (Å²) in [5.74, 6) is -2.48. The third-order valence-corrected chi connectivity index (χ3v) is 2.73. The number of hydrogen-bond donors (Lipinski definition) is 1. The molecule has 2 rings (SSSR count). The molecule has 0 unspecified atom stereocenters. The topological polar surface area (TPSA) is 54.9 Å². The van der Waals surface area contributed by atoms with Crippen molar-refractivity contribution in [1.29, 1.82) is 0 Å². The lowest BCUT2D eigenvalue weighted by Crippen LogP contribution is -2.16. The van der Waals surface area contributed by atoms with Crippen molar-refractivity contribution in [3.05, 3.63) is 53.1 Å². The number of halogens is 2. The minimum atomic E-state index is -1.02. The van der Waals surface area contributed by atoms with Crippen LogP contribution in [-0.4, -0.2) is 15.9 Å². The van der Waals surface area contributed by atoms with Crippen LogP contribution in [0.4, 0.5) is 14.5 Å². The Bertz CT molecular complexity index is 644. The van der Waals surface area contributed by atoms with Crippen molar-refractivity contribution in [2.45, 2.75) is 13.8 Å². The van der Waals surface area contributed by atoms with Gasteiger partial charge in [0.25, 0.3) is 5.91 Å². The number of nitrogens with zero attached hydrogens (tertiary/aromatic N) is 2. The van der Waals surface area contributed by atoms with Crippen LogP contribution < -0.4 is 5.32 Å². The van der Waals surface area contributed by atoms with Crippen molar-refractivity contribution in [1.82, 2.24) is 9.97 Å². The standard InChI is InChI=1S/C13H11F2N3O/c1-7-8(2)16-6-17-12(7)13(19)18-9-3-4-10(14)11(15)5-9/h3-6H,1-2H3,(H,18,19). The van der Waals surface area contributed by atoms with Gasteiger partial charge in [-0.15, -0.1) is 0 Å². The number of rotatable bonds is 2. The van der Waals surface area contributed by atoms with Crippen molar-refractivity contribution in [3.8, 4) is 0 Å². The Labute approximate surface area is 108 Å². The minimum Gasteiger partial charge on any atom is -0.321 e. The number of hydrogen-bond acceptors (Lipinski definition) is 3. The monoisotopic (exact) mass is 263 g/mol. The highest BCUT2D eigenvalue weighted by Gasteiger charge is 2.13. The molecular formula is C13H11F2N3O. The Morgan fingerprint density at radius 3 is 2.58 bits per heavy atom. The summed E-state index contributed by atoms with van der Waals surface area (Å²) in [6.07, 6.45) is 1.28. The van der Waals surface area contributed by atoms with E-state index in [2.05, 4.69) is 15.3 Å². The van der Waals surface area contributed by atoms with E-state index in [-0.39, 0.29) is 11.4 Å². The van der Waals surface area contributed by atoms with Crippen molar-refractivity contribution in [3.63, 3.8) is 0 Å². The van der Waals surface area contributed by atoms with Crippen LogP contribution in [0.5, 0.6) is 0 Å². The summed E-state index contributed by atoms with van der Waals surface area (Å²) >= 11 is 0. The molecule has 1 amide bonds. The maximum Gasteiger partial charge on any atom is 0.274 e. The normalized spacial score (nSPS) is 10.3. The van der Waals surface area contributed by atoms with E-state index in [1.807, 2.05) is 0 Å². The molecule has 6 heteroatoms. The van der Waals surface area contributed by atoms with Crippen LogP contribution in [0, 0.1) is 25.5 Å². The van der Waals surface area contributed by atoms with Gasteiger partial charge in [0.2, 0.25) is 0 Å².